The Hall–Kier alpha value is -2.61. The molecule has 0 atom stereocenters. The van der Waals surface area contributed by atoms with Crippen molar-refractivity contribution in [2.45, 2.75) is 44.9 Å². The molecule has 156 valence electrons. The first-order valence-electron chi connectivity index (χ1n) is 12.0. The van der Waals surface area contributed by atoms with Crippen LogP contribution in [0.3, 0.4) is 0 Å². The Morgan fingerprint density at radius 2 is 1.35 bits per heavy atom. The number of carbonyl (C=O) groups is 1. The van der Waals surface area contributed by atoms with Crippen LogP contribution in [0.5, 0.6) is 0 Å². The van der Waals surface area contributed by atoms with E-state index in [2.05, 4.69) is 54.6 Å². The van der Waals surface area contributed by atoms with Gasteiger partial charge in [0.15, 0.2) is 0 Å². The summed E-state index contributed by atoms with van der Waals surface area (Å²) in [5, 5.41) is 7.54. The van der Waals surface area contributed by atoms with Gasteiger partial charge in [-0.05, 0) is 94.2 Å². The lowest BCUT2D eigenvalue weighted by Crippen LogP contribution is -2.48. The van der Waals surface area contributed by atoms with Crippen LogP contribution >= 0.6 is 0 Å². The van der Waals surface area contributed by atoms with Crippen LogP contribution < -0.4 is 0 Å². The van der Waals surface area contributed by atoms with Gasteiger partial charge in [-0.1, -0.05) is 54.6 Å². The number of carbonyl (C=O) groups excluding carboxylic acids is 1. The second-order valence-corrected chi connectivity index (χ2v) is 10.8. The zero-order valence-electron chi connectivity index (χ0n) is 17.9. The first kappa shape index (κ1) is 18.0. The fourth-order valence-electron chi connectivity index (χ4n) is 7.86. The number of ether oxygens (including phenoxy) is 1. The highest BCUT2D eigenvalue weighted by Gasteiger charge is 2.51. The summed E-state index contributed by atoms with van der Waals surface area (Å²) in [5.74, 6) is 2.61. The molecule has 4 aliphatic rings. The first-order chi connectivity index (χ1) is 15.2. The highest BCUT2D eigenvalue weighted by atomic mass is 16.5. The third-order valence-corrected chi connectivity index (χ3v) is 8.66. The highest BCUT2D eigenvalue weighted by Crippen LogP contribution is 2.60. The molecule has 4 aromatic rings. The van der Waals surface area contributed by atoms with E-state index in [4.69, 9.17) is 4.74 Å². The van der Waals surface area contributed by atoms with Crippen LogP contribution in [0.2, 0.25) is 0 Å². The second kappa shape index (κ2) is 6.45. The predicted molar refractivity (Wildman–Crippen MR) is 125 cm³/mol. The smallest absolute Gasteiger partial charge is 0.310 e. The van der Waals surface area contributed by atoms with E-state index >= 15 is 0 Å². The minimum absolute atomic E-state index is 0.0641. The summed E-state index contributed by atoms with van der Waals surface area (Å²) < 4.78 is 5.98. The molecule has 0 spiro atoms. The van der Waals surface area contributed by atoms with Gasteiger partial charge in [-0.25, -0.2) is 0 Å². The number of esters is 1. The monoisotopic (exact) mass is 408 g/mol. The van der Waals surface area contributed by atoms with Crippen LogP contribution in [0.1, 0.15) is 44.1 Å². The van der Waals surface area contributed by atoms with Gasteiger partial charge in [-0.2, -0.15) is 0 Å². The van der Waals surface area contributed by atoms with Gasteiger partial charge in [0.05, 0.1) is 13.0 Å². The van der Waals surface area contributed by atoms with E-state index in [1.807, 2.05) is 0 Å². The molecule has 4 fully saturated rings. The second-order valence-electron chi connectivity index (χ2n) is 10.8. The largest absolute Gasteiger partial charge is 0.465 e. The molecule has 0 radical (unpaired) electrons. The zero-order chi connectivity index (χ0) is 20.6. The molecule has 2 nitrogen and oxygen atoms in total. The van der Waals surface area contributed by atoms with Gasteiger partial charge in [0.25, 0.3) is 0 Å². The number of benzene rings is 4. The lowest BCUT2D eigenvalue weighted by atomic mass is 9.50. The summed E-state index contributed by atoms with van der Waals surface area (Å²) >= 11 is 0. The minimum Gasteiger partial charge on any atom is -0.465 e. The molecule has 0 amide bonds. The van der Waals surface area contributed by atoms with E-state index in [1.165, 1.54) is 70.8 Å². The van der Waals surface area contributed by atoms with Gasteiger partial charge in [-0.3, -0.25) is 4.79 Å². The summed E-state index contributed by atoms with van der Waals surface area (Å²) in [6, 6.07) is 19.5. The zero-order valence-corrected chi connectivity index (χ0v) is 17.9. The lowest BCUT2D eigenvalue weighted by molar-refractivity contribution is -0.154. The predicted octanol–water partition coefficient (Wildman–Crippen LogP) is 6.89. The summed E-state index contributed by atoms with van der Waals surface area (Å²) in [6.07, 6.45) is 8.49. The summed E-state index contributed by atoms with van der Waals surface area (Å²) in [5.41, 5.74) is 1.37. The normalized spacial score (nSPS) is 29.4. The number of rotatable bonds is 4. The molecule has 4 aromatic carbocycles. The molecule has 4 bridgehead atoms. The molecule has 0 unspecified atom stereocenters. The minimum atomic E-state index is -0.0641. The van der Waals surface area contributed by atoms with Crippen molar-refractivity contribution < 1.29 is 9.53 Å². The molecule has 8 rings (SSSR count). The number of hydrogen-bond donors (Lipinski definition) is 0. The van der Waals surface area contributed by atoms with E-state index < -0.39 is 0 Å². The average Bonchev–Trinajstić information content (AvgIpc) is 2.76. The van der Waals surface area contributed by atoms with E-state index in [1.54, 1.807) is 0 Å². The Balaban J connectivity index is 1.16. The van der Waals surface area contributed by atoms with Gasteiger partial charge in [0.1, 0.15) is 0 Å². The topological polar surface area (TPSA) is 26.3 Å². The molecule has 4 saturated carbocycles. The third-order valence-electron chi connectivity index (χ3n) is 8.66. The van der Waals surface area contributed by atoms with Crippen molar-refractivity contribution in [2.75, 3.05) is 6.61 Å². The summed E-state index contributed by atoms with van der Waals surface area (Å²) in [4.78, 5) is 12.9. The molecule has 4 aliphatic carbocycles. The maximum Gasteiger partial charge on any atom is 0.310 e. The quantitative estimate of drug-likeness (QED) is 0.272. The van der Waals surface area contributed by atoms with Crippen molar-refractivity contribution >= 4 is 38.3 Å². The van der Waals surface area contributed by atoms with Gasteiger partial charge in [-0.15, -0.1) is 0 Å². The van der Waals surface area contributed by atoms with Gasteiger partial charge >= 0.3 is 5.97 Å². The van der Waals surface area contributed by atoms with Crippen LogP contribution in [-0.2, 0) is 16.0 Å². The molecular weight excluding hydrogens is 380 g/mol. The Labute approximate surface area is 182 Å². The van der Waals surface area contributed by atoms with E-state index in [0.717, 1.165) is 23.3 Å². The Morgan fingerprint density at radius 3 is 2.03 bits per heavy atom. The standard InChI is InChI=1S/C29H28O2/c30-26(31-17-29-14-18-10-19(15-29)12-20(11-18)16-29)13-24-7-6-23-5-4-21-2-1-3-22-8-9-25(24)28(23)27(21)22/h1-9,18-20H,10-17H2. The Morgan fingerprint density at radius 1 is 0.774 bits per heavy atom. The lowest BCUT2D eigenvalue weighted by Gasteiger charge is -2.56. The van der Waals surface area contributed by atoms with Crippen molar-refractivity contribution in [1.29, 1.82) is 0 Å². The van der Waals surface area contributed by atoms with Crippen molar-refractivity contribution in [3.63, 3.8) is 0 Å². The molecule has 2 heteroatoms. The van der Waals surface area contributed by atoms with E-state index in [9.17, 15) is 4.79 Å². The molecular formula is C29H28O2. The van der Waals surface area contributed by atoms with Gasteiger partial charge in [0, 0.05) is 5.41 Å². The van der Waals surface area contributed by atoms with Crippen molar-refractivity contribution in [3.05, 3.63) is 60.2 Å². The molecule has 31 heavy (non-hydrogen) atoms. The maximum absolute atomic E-state index is 12.9. The van der Waals surface area contributed by atoms with E-state index in [0.29, 0.717) is 13.0 Å². The van der Waals surface area contributed by atoms with Gasteiger partial charge < -0.3 is 4.74 Å². The SMILES string of the molecule is O=C(Cc1ccc2ccc3cccc4ccc1c2c34)OCC12CC3CC(CC(C3)C1)C2. The maximum atomic E-state index is 12.9. The van der Waals surface area contributed by atoms with E-state index in [-0.39, 0.29) is 11.4 Å². The van der Waals surface area contributed by atoms with Crippen LogP contribution in [0.4, 0.5) is 0 Å². The summed E-state index contributed by atoms with van der Waals surface area (Å²) in [6.45, 7) is 0.640. The third kappa shape index (κ3) is 2.80. The van der Waals surface area contributed by atoms with Crippen molar-refractivity contribution in [2.24, 2.45) is 23.2 Å². The summed E-state index contributed by atoms with van der Waals surface area (Å²) in [7, 11) is 0. The van der Waals surface area contributed by atoms with Crippen LogP contribution in [0.15, 0.2) is 54.6 Å². The van der Waals surface area contributed by atoms with Gasteiger partial charge in [0.2, 0.25) is 0 Å². The fraction of sp³-hybridized carbons (Fsp3) is 0.414. The molecule has 0 heterocycles. The van der Waals surface area contributed by atoms with Crippen molar-refractivity contribution in [1.82, 2.24) is 0 Å². The highest BCUT2D eigenvalue weighted by molar-refractivity contribution is 6.23. The fourth-order valence-corrected chi connectivity index (χ4v) is 7.86. The first-order valence-corrected chi connectivity index (χ1v) is 12.0. The van der Waals surface area contributed by atoms with Crippen LogP contribution in [-0.4, -0.2) is 12.6 Å². The van der Waals surface area contributed by atoms with Crippen molar-refractivity contribution in [3.8, 4) is 0 Å². The number of hydrogen-bond acceptors (Lipinski definition) is 2. The Kier molecular flexibility index (Phi) is 3.75. The molecule has 0 aromatic heterocycles. The average molecular weight is 409 g/mol. The molecule has 0 aliphatic heterocycles. The van der Waals surface area contributed by atoms with Crippen LogP contribution in [0, 0.1) is 23.2 Å². The Bertz CT molecular complexity index is 1270. The molecule has 0 N–H and O–H groups in total. The van der Waals surface area contributed by atoms with Crippen LogP contribution in [0.25, 0.3) is 32.3 Å². The molecule has 0 saturated heterocycles.